The van der Waals surface area contributed by atoms with Crippen LogP contribution in [0.15, 0.2) is 48.8 Å². The Hall–Kier alpha value is -2.33. The number of hydrogen-bond acceptors (Lipinski definition) is 3. The van der Waals surface area contributed by atoms with E-state index in [4.69, 9.17) is 4.74 Å². The molecular formula is C21H23N3O. The Morgan fingerprint density at radius 2 is 1.92 bits per heavy atom. The minimum atomic E-state index is 0.274. The summed E-state index contributed by atoms with van der Waals surface area (Å²) in [6.07, 6.45) is 6.67. The number of nitrogens with zero attached hydrogens (tertiary/aromatic N) is 2. The fourth-order valence-corrected chi connectivity index (χ4v) is 4.44. The molecule has 0 spiro atoms. The van der Waals surface area contributed by atoms with Crippen LogP contribution in [0.1, 0.15) is 19.8 Å². The minimum absolute atomic E-state index is 0.274. The molecule has 3 aromatic rings. The molecule has 0 amide bonds. The summed E-state index contributed by atoms with van der Waals surface area (Å²) in [7, 11) is 0. The van der Waals surface area contributed by atoms with Gasteiger partial charge in [-0.3, -0.25) is 4.90 Å². The van der Waals surface area contributed by atoms with Crippen LogP contribution >= 0.6 is 0 Å². The van der Waals surface area contributed by atoms with Crippen LogP contribution in [0.3, 0.4) is 0 Å². The van der Waals surface area contributed by atoms with Gasteiger partial charge in [0.15, 0.2) is 0 Å². The number of hydrogen-bond donors (Lipinski definition) is 1. The smallest absolute Gasteiger partial charge is 0.213 e. The van der Waals surface area contributed by atoms with Gasteiger partial charge in [-0.2, -0.15) is 0 Å². The van der Waals surface area contributed by atoms with Gasteiger partial charge in [-0.25, -0.2) is 4.98 Å². The first-order chi connectivity index (χ1) is 12.3. The van der Waals surface area contributed by atoms with Crippen LogP contribution in [0.5, 0.6) is 5.88 Å². The lowest BCUT2D eigenvalue weighted by Gasteiger charge is -2.49. The van der Waals surface area contributed by atoms with Gasteiger partial charge in [0.2, 0.25) is 5.88 Å². The van der Waals surface area contributed by atoms with E-state index in [-0.39, 0.29) is 6.10 Å². The number of H-pyrrole nitrogens is 1. The molecule has 0 saturated carbocycles. The van der Waals surface area contributed by atoms with Crippen molar-refractivity contribution in [2.75, 3.05) is 13.1 Å². The number of nitrogens with one attached hydrogen (secondary N) is 1. The Morgan fingerprint density at radius 1 is 1.08 bits per heavy atom. The summed E-state index contributed by atoms with van der Waals surface area (Å²) in [5, 5.41) is 1.23. The number of ether oxygens (including phenoxy) is 1. The number of rotatable bonds is 3. The van der Waals surface area contributed by atoms with E-state index in [1.807, 2.05) is 18.5 Å². The molecule has 3 fully saturated rings. The summed E-state index contributed by atoms with van der Waals surface area (Å²) in [5.41, 5.74) is 3.44. The molecule has 2 atom stereocenters. The number of pyridine rings is 1. The lowest BCUT2D eigenvalue weighted by molar-refractivity contribution is -0.0525. The fourth-order valence-electron chi connectivity index (χ4n) is 4.44. The highest BCUT2D eigenvalue weighted by Crippen LogP contribution is 2.34. The van der Waals surface area contributed by atoms with Crippen LogP contribution in [0.2, 0.25) is 0 Å². The Balaban J connectivity index is 1.36. The minimum Gasteiger partial charge on any atom is -0.472 e. The van der Waals surface area contributed by atoms with E-state index in [1.54, 1.807) is 0 Å². The first-order valence-electron chi connectivity index (χ1n) is 9.22. The van der Waals surface area contributed by atoms with Crippen molar-refractivity contribution in [3.63, 3.8) is 0 Å². The first kappa shape index (κ1) is 15.0. The summed E-state index contributed by atoms with van der Waals surface area (Å²) in [6, 6.07) is 13.1. The summed E-state index contributed by atoms with van der Waals surface area (Å²) in [4.78, 5) is 10.4. The highest BCUT2D eigenvalue weighted by atomic mass is 16.5. The summed E-state index contributed by atoms with van der Waals surface area (Å²) < 4.78 is 6.29. The number of fused-ring (bicyclic) bond motifs is 4. The third kappa shape index (κ3) is 2.61. The second kappa shape index (κ2) is 5.88. The maximum atomic E-state index is 6.29. The van der Waals surface area contributed by atoms with Crippen LogP contribution in [0.4, 0.5) is 0 Å². The Labute approximate surface area is 147 Å². The average Bonchev–Trinajstić information content (AvgIpc) is 3.13. The molecule has 3 saturated heterocycles. The molecule has 3 aliphatic heterocycles. The highest BCUT2D eigenvalue weighted by molar-refractivity contribution is 5.84. The second-order valence-corrected chi connectivity index (χ2v) is 7.36. The SMILES string of the molecule is CC1C(Oc2ccc(-c3ccc4cc[nH]c4c3)cn2)C2CCN1CC2. The molecule has 2 aromatic heterocycles. The zero-order valence-electron chi connectivity index (χ0n) is 14.5. The van der Waals surface area contributed by atoms with Crippen LogP contribution in [-0.2, 0) is 0 Å². The van der Waals surface area contributed by atoms with E-state index in [2.05, 4.69) is 52.1 Å². The monoisotopic (exact) mass is 333 g/mol. The van der Waals surface area contributed by atoms with Gasteiger partial charge in [-0.05, 0) is 67.9 Å². The van der Waals surface area contributed by atoms with Gasteiger partial charge in [-0.15, -0.1) is 0 Å². The van der Waals surface area contributed by atoms with Gasteiger partial charge in [0, 0.05) is 35.6 Å². The molecule has 0 radical (unpaired) electrons. The molecule has 5 heterocycles. The Bertz CT molecular complexity index is 876. The van der Waals surface area contributed by atoms with Crippen molar-refractivity contribution in [2.24, 2.45) is 5.92 Å². The van der Waals surface area contributed by atoms with Crippen molar-refractivity contribution < 1.29 is 4.74 Å². The molecule has 6 rings (SSSR count). The molecule has 128 valence electrons. The molecule has 1 aromatic carbocycles. The van der Waals surface area contributed by atoms with Crippen LogP contribution < -0.4 is 4.74 Å². The van der Waals surface area contributed by atoms with Gasteiger partial charge in [0.25, 0.3) is 0 Å². The second-order valence-electron chi connectivity index (χ2n) is 7.36. The van der Waals surface area contributed by atoms with Crippen molar-refractivity contribution in [3.05, 3.63) is 48.8 Å². The van der Waals surface area contributed by atoms with Gasteiger partial charge < -0.3 is 9.72 Å². The molecule has 25 heavy (non-hydrogen) atoms. The fraction of sp³-hybridized carbons (Fsp3) is 0.381. The number of piperidine rings is 3. The van der Waals surface area contributed by atoms with Crippen molar-refractivity contribution in [1.29, 1.82) is 0 Å². The van der Waals surface area contributed by atoms with E-state index in [9.17, 15) is 0 Å². The zero-order chi connectivity index (χ0) is 16.8. The Kier molecular flexibility index (Phi) is 3.52. The molecular weight excluding hydrogens is 310 g/mol. The Morgan fingerprint density at radius 3 is 2.68 bits per heavy atom. The highest BCUT2D eigenvalue weighted by Gasteiger charge is 2.41. The predicted octanol–water partition coefficient (Wildman–Crippen LogP) is 4.09. The third-order valence-electron chi connectivity index (χ3n) is 5.97. The molecule has 2 bridgehead atoms. The van der Waals surface area contributed by atoms with E-state index in [0.29, 0.717) is 12.0 Å². The normalized spacial score (nSPS) is 28.4. The maximum absolute atomic E-state index is 6.29. The molecule has 0 aliphatic carbocycles. The summed E-state index contributed by atoms with van der Waals surface area (Å²) in [6.45, 7) is 4.73. The van der Waals surface area contributed by atoms with Gasteiger partial charge in [0.05, 0.1) is 0 Å². The van der Waals surface area contributed by atoms with Gasteiger partial charge >= 0.3 is 0 Å². The van der Waals surface area contributed by atoms with Crippen molar-refractivity contribution in [3.8, 4) is 17.0 Å². The molecule has 3 aliphatic rings. The number of aromatic nitrogens is 2. The van der Waals surface area contributed by atoms with Gasteiger partial charge in [0.1, 0.15) is 6.10 Å². The summed E-state index contributed by atoms with van der Waals surface area (Å²) >= 11 is 0. The summed E-state index contributed by atoms with van der Waals surface area (Å²) in [5.74, 6) is 1.42. The molecule has 2 unspecified atom stereocenters. The predicted molar refractivity (Wildman–Crippen MR) is 99.7 cm³/mol. The van der Waals surface area contributed by atoms with Crippen molar-refractivity contribution in [1.82, 2.24) is 14.9 Å². The lowest BCUT2D eigenvalue weighted by atomic mass is 9.81. The zero-order valence-corrected chi connectivity index (χ0v) is 14.5. The number of benzene rings is 1. The topological polar surface area (TPSA) is 41.1 Å². The molecule has 1 N–H and O–H groups in total. The standard InChI is InChI=1S/C21H23N3O/c1-14-21(16-7-10-24(14)11-8-16)25-20-5-4-18(13-23-20)17-3-2-15-6-9-22-19(15)12-17/h2-6,9,12-14,16,21-22H,7-8,10-11H2,1H3. The molecule has 4 heteroatoms. The van der Waals surface area contributed by atoms with E-state index in [1.165, 1.54) is 36.9 Å². The van der Waals surface area contributed by atoms with Crippen LogP contribution in [-0.4, -0.2) is 40.1 Å². The van der Waals surface area contributed by atoms with Crippen LogP contribution in [0.25, 0.3) is 22.0 Å². The van der Waals surface area contributed by atoms with E-state index >= 15 is 0 Å². The third-order valence-corrected chi connectivity index (χ3v) is 5.97. The average molecular weight is 333 g/mol. The molecule has 4 nitrogen and oxygen atoms in total. The number of aromatic amines is 1. The van der Waals surface area contributed by atoms with Crippen molar-refractivity contribution in [2.45, 2.75) is 31.9 Å². The van der Waals surface area contributed by atoms with Crippen LogP contribution in [0, 0.1) is 5.92 Å². The largest absolute Gasteiger partial charge is 0.472 e. The van der Waals surface area contributed by atoms with E-state index in [0.717, 1.165) is 17.0 Å². The first-order valence-corrected chi connectivity index (χ1v) is 9.22. The quantitative estimate of drug-likeness (QED) is 0.785. The van der Waals surface area contributed by atoms with Crippen molar-refractivity contribution >= 4 is 10.9 Å². The maximum Gasteiger partial charge on any atom is 0.213 e. The lowest BCUT2D eigenvalue weighted by Crippen LogP contribution is -2.58. The van der Waals surface area contributed by atoms with Gasteiger partial charge in [-0.1, -0.05) is 12.1 Å². The van der Waals surface area contributed by atoms with E-state index < -0.39 is 0 Å².